The monoisotopic (exact) mass is 292 g/mol. The summed E-state index contributed by atoms with van der Waals surface area (Å²) in [7, 11) is 0. The molecule has 1 aliphatic rings. The molecule has 21 heavy (non-hydrogen) atoms. The number of nitrogens with zero attached hydrogens (tertiary/aromatic N) is 1. The minimum Gasteiger partial charge on any atom is -0.309 e. The SMILES string of the molecule is CCCCC(NCCN1CCCCC1)c1ccc(F)cc1. The highest BCUT2D eigenvalue weighted by Gasteiger charge is 2.13. The zero-order chi connectivity index (χ0) is 14.9. The van der Waals surface area contributed by atoms with E-state index >= 15 is 0 Å². The molecule has 1 saturated heterocycles. The summed E-state index contributed by atoms with van der Waals surface area (Å²) in [5.41, 5.74) is 1.21. The van der Waals surface area contributed by atoms with Crippen LogP contribution in [0.3, 0.4) is 0 Å². The van der Waals surface area contributed by atoms with E-state index in [9.17, 15) is 4.39 Å². The van der Waals surface area contributed by atoms with E-state index in [4.69, 9.17) is 0 Å². The van der Waals surface area contributed by atoms with Gasteiger partial charge in [-0.05, 0) is 50.0 Å². The molecule has 1 heterocycles. The second-order valence-corrected chi connectivity index (χ2v) is 6.10. The van der Waals surface area contributed by atoms with E-state index in [0.717, 1.165) is 19.5 Å². The van der Waals surface area contributed by atoms with E-state index in [2.05, 4.69) is 17.1 Å². The molecule has 118 valence electrons. The summed E-state index contributed by atoms with van der Waals surface area (Å²) in [6.07, 6.45) is 7.61. The molecule has 0 amide bonds. The van der Waals surface area contributed by atoms with Gasteiger partial charge in [-0.1, -0.05) is 38.3 Å². The first-order valence-electron chi connectivity index (χ1n) is 8.51. The molecule has 0 saturated carbocycles. The maximum absolute atomic E-state index is 13.1. The number of likely N-dealkylation sites (tertiary alicyclic amines) is 1. The van der Waals surface area contributed by atoms with E-state index < -0.39 is 0 Å². The molecular weight excluding hydrogens is 263 g/mol. The van der Waals surface area contributed by atoms with Gasteiger partial charge in [-0.2, -0.15) is 0 Å². The van der Waals surface area contributed by atoms with Crippen LogP contribution in [0.1, 0.15) is 57.1 Å². The normalized spacial score (nSPS) is 17.8. The van der Waals surface area contributed by atoms with E-state index in [1.54, 1.807) is 12.1 Å². The molecule has 0 aliphatic carbocycles. The number of nitrogens with one attached hydrogen (secondary N) is 1. The summed E-state index contributed by atoms with van der Waals surface area (Å²) in [5.74, 6) is -0.152. The van der Waals surface area contributed by atoms with Crippen LogP contribution in [-0.4, -0.2) is 31.1 Å². The molecule has 0 aromatic heterocycles. The summed E-state index contributed by atoms with van der Waals surface area (Å²) in [6.45, 7) is 6.86. The van der Waals surface area contributed by atoms with Crippen molar-refractivity contribution < 1.29 is 4.39 Å². The van der Waals surface area contributed by atoms with Crippen molar-refractivity contribution in [1.82, 2.24) is 10.2 Å². The van der Waals surface area contributed by atoms with Crippen molar-refractivity contribution in [3.05, 3.63) is 35.6 Å². The Morgan fingerprint density at radius 1 is 1.14 bits per heavy atom. The van der Waals surface area contributed by atoms with Gasteiger partial charge in [0.1, 0.15) is 5.82 Å². The second-order valence-electron chi connectivity index (χ2n) is 6.10. The van der Waals surface area contributed by atoms with Crippen LogP contribution in [0.25, 0.3) is 0 Å². The number of hydrogen-bond acceptors (Lipinski definition) is 2. The quantitative estimate of drug-likeness (QED) is 0.775. The fourth-order valence-electron chi connectivity index (χ4n) is 3.07. The Kier molecular flexibility index (Phi) is 7.17. The topological polar surface area (TPSA) is 15.3 Å². The summed E-state index contributed by atoms with van der Waals surface area (Å²) in [6, 6.07) is 7.34. The van der Waals surface area contributed by atoms with Crippen molar-refractivity contribution in [1.29, 1.82) is 0 Å². The van der Waals surface area contributed by atoms with Gasteiger partial charge < -0.3 is 10.2 Å². The molecule has 2 nitrogen and oxygen atoms in total. The molecule has 1 aromatic rings. The maximum Gasteiger partial charge on any atom is 0.123 e. The van der Waals surface area contributed by atoms with Crippen molar-refractivity contribution in [2.75, 3.05) is 26.2 Å². The third-order valence-corrected chi connectivity index (χ3v) is 4.39. The summed E-state index contributed by atoms with van der Waals surface area (Å²) in [5, 5.41) is 3.67. The maximum atomic E-state index is 13.1. The van der Waals surface area contributed by atoms with Crippen LogP contribution in [0.5, 0.6) is 0 Å². The van der Waals surface area contributed by atoms with Gasteiger partial charge in [0.2, 0.25) is 0 Å². The lowest BCUT2D eigenvalue weighted by Crippen LogP contribution is -2.36. The smallest absolute Gasteiger partial charge is 0.123 e. The van der Waals surface area contributed by atoms with Gasteiger partial charge in [0.15, 0.2) is 0 Å². The molecule has 3 heteroatoms. The van der Waals surface area contributed by atoms with Crippen LogP contribution in [0.2, 0.25) is 0 Å². The predicted molar refractivity (Wildman–Crippen MR) is 87.0 cm³/mol. The van der Waals surface area contributed by atoms with E-state index in [-0.39, 0.29) is 5.82 Å². The first-order valence-corrected chi connectivity index (χ1v) is 8.51. The molecule has 2 rings (SSSR count). The Hall–Kier alpha value is -0.930. The molecule has 0 spiro atoms. The molecule has 0 radical (unpaired) electrons. The van der Waals surface area contributed by atoms with Gasteiger partial charge in [0.25, 0.3) is 0 Å². The van der Waals surface area contributed by atoms with E-state index in [1.807, 2.05) is 12.1 Å². The Labute approximate surface area is 128 Å². The number of rotatable bonds is 8. The molecule has 1 aromatic carbocycles. The third kappa shape index (κ3) is 5.76. The van der Waals surface area contributed by atoms with Gasteiger partial charge in [0, 0.05) is 19.1 Å². The fourth-order valence-corrected chi connectivity index (χ4v) is 3.07. The van der Waals surface area contributed by atoms with Gasteiger partial charge in [-0.25, -0.2) is 4.39 Å². The highest BCUT2D eigenvalue weighted by molar-refractivity contribution is 5.19. The number of piperidine rings is 1. The van der Waals surface area contributed by atoms with Crippen molar-refractivity contribution in [2.45, 2.75) is 51.5 Å². The van der Waals surface area contributed by atoms with Gasteiger partial charge >= 0.3 is 0 Å². The average Bonchev–Trinajstić information content (AvgIpc) is 2.53. The van der Waals surface area contributed by atoms with Crippen LogP contribution >= 0.6 is 0 Å². The zero-order valence-corrected chi connectivity index (χ0v) is 13.3. The van der Waals surface area contributed by atoms with Crippen molar-refractivity contribution in [2.24, 2.45) is 0 Å². The van der Waals surface area contributed by atoms with Crippen LogP contribution in [0, 0.1) is 5.82 Å². The van der Waals surface area contributed by atoms with Crippen molar-refractivity contribution in [3.8, 4) is 0 Å². The molecule has 1 N–H and O–H groups in total. The third-order valence-electron chi connectivity index (χ3n) is 4.39. The fraction of sp³-hybridized carbons (Fsp3) is 0.667. The lowest BCUT2D eigenvalue weighted by Gasteiger charge is -2.27. The Morgan fingerprint density at radius 3 is 2.52 bits per heavy atom. The average molecular weight is 292 g/mol. The number of hydrogen-bond donors (Lipinski definition) is 1. The van der Waals surface area contributed by atoms with E-state index in [1.165, 1.54) is 50.8 Å². The largest absolute Gasteiger partial charge is 0.309 e. The Morgan fingerprint density at radius 2 is 1.86 bits per heavy atom. The highest BCUT2D eigenvalue weighted by Crippen LogP contribution is 2.19. The Bertz CT molecular complexity index is 385. The molecule has 1 fully saturated rings. The highest BCUT2D eigenvalue weighted by atomic mass is 19.1. The van der Waals surface area contributed by atoms with E-state index in [0.29, 0.717) is 6.04 Å². The minimum absolute atomic E-state index is 0.152. The molecule has 0 bridgehead atoms. The summed E-state index contributed by atoms with van der Waals surface area (Å²) >= 11 is 0. The lowest BCUT2D eigenvalue weighted by atomic mass is 10.0. The first kappa shape index (κ1) is 16.4. The van der Waals surface area contributed by atoms with Crippen LogP contribution in [-0.2, 0) is 0 Å². The molecule has 1 aliphatic heterocycles. The van der Waals surface area contributed by atoms with Gasteiger partial charge in [-0.15, -0.1) is 0 Å². The molecular formula is C18H29FN2. The second kappa shape index (κ2) is 9.16. The molecule has 1 atom stereocenters. The minimum atomic E-state index is -0.152. The van der Waals surface area contributed by atoms with Crippen LogP contribution in [0.4, 0.5) is 4.39 Å². The van der Waals surface area contributed by atoms with Crippen LogP contribution < -0.4 is 5.32 Å². The first-order chi connectivity index (χ1) is 10.3. The standard InChI is InChI=1S/C18H29FN2/c1-2-3-7-18(16-8-10-17(19)11-9-16)20-12-15-21-13-5-4-6-14-21/h8-11,18,20H,2-7,12-15H2,1H3. The van der Waals surface area contributed by atoms with Crippen molar-refractivity contribution >= 4 is 0 Å². The van der Waals surface area contributed by atoms with Crippen molar-refractivity contribution in [3.63, 3.8) is 0 Å². The summed E-state index contributed by atoms with van der Waals surface area (Å²) < 4.78 is 13.1. The summed E-state index contributed by atoms with van der Waals surface area (Å²) in [4.78, 5) is 2.55. The lowest BCUT2D eigenvalue weighted by molar-refractivity contribution is 0.225. The Balaban J connectivity index is 1.82. The predicted octanol–water partition coefficient (Wildman–Crippen LogP) is 4.13. The van der Waals surface area contributed by atoms with Gasteiger partial charge in [0.05, 0.1) is 0 Å². The number of halogens is 1. The molecule has 1 unspecified atom stereocenters. The number of unbranched alkanes of at least 4 members (excludes halogenated alkanes) is 1. The van der Waals surface area contributed by atoms with Crippen LogP contribution in [0.15, 0.2) is 24.3 Å². The number of benzene rings is 1. The zero-order valence-electron chi connectivity index (χ0n) is 13.3. The van der Waals surface area contributed by atoms with Gasteiger partial charge in [-0.3, -0.25) is 0 Å².